The number of benzene rings is 2. The Morgan fingerprint density at radius 2 is 1.77 bits per heavy atom. The Kier molecular flexibility index (Phi) is 4.80. The van der Waals surface area contributed by atoms with Gasteiger partial charge in [-0.05, 0) is 43.2 Å². The molecular formula is C21H20O5. The van der Waals surface area contributed by atoms with Crippen molar-refractivity contribution in [3.8, 4) is 5.75 Å². The number of carboxylic acid groups (broad SMARTS) is 1. The number of ether oxygens (including phenoxy) is 1. The molecule has 0 saturated carbocycles. The zero-order chi connectivity index (χ0) is 18.8. The summed E-state index contributed by atoms with van der Waals surface area (Å²) in [5, 5.41) is 9.59. The SMILES string of the molecule is CCc1oc2ccccc2c1C(=O)c1cc(C)c(OCC(=O)O)c(C)c1. The lowest BCUT2D eigenvalue weighted by Crippen LogP contribution is -2.12. The number of fused-ring (bicyclic) bond motifs is 1. The van der Waals surface area contributed by atoms with E-state index < -0.39 is 12.6 Å². The molecule has 26 heavy (non-hydrogen) atoms. The minimum atomic E-state index is -1.04. The largest absolute Gasteiger partial charge is 0.481 e. The average molecular weight is 352 g/mol. The van der Waals surface area contributed by atoms with Crippen LogP contribution < -0.4 is 4.74 Å². The van der Waals surface area contributed by atoms with E-state index in [1.54, 1.807) is 26.0 Å². The van der Waals surface area contributed by atoms with Gasteiger partial charge < -0.3 is 14.3 Å². The van der Waals surface area contributed by atoms with Crippen molar-refractivity contribution >= 4 is 22.7 Å². The highest BCUT2D eigenvalue weighted by Gasteiger charge is 2.22. The summed E-state index contributed by atoms with van der Waals surface area (Å²) in [7, 11) is 0. The maximum absolute atomic E-state index is 13.2. The molecule has 5 nitrogen and oxygen atoms in total. The van der Waals surface area contributed by atoms with Gasteiger partial charge in [-0.3, -0.25) is 4.79 Å². The summed E-state index contributed by atoms with van der Waals surface area (Å²) >= 11 is 0. The van der Waals surface area contributed by atoms with Crippen molar-refractivity contribution in [3.63, 3.8) is 0 Å². The molecule has 2 aromatic carbocycles. The third-order valence-electron chi connectivity index (χ3n) is 4.28. The molecule has 0 aliphatic heterocycles. The van der Waals surface area contributed by atoms with E-state index in [0.717, 1.165) is 16.5 Å². The molecule has 3 rings (SSSR count). The summed E-state index contributed by atoms with van der Waals surface area (Å²) in [6.45, 7) is 5.14. The fraction of sp³-hybridized carbons (Fsp3) is 0.238. The third-order valence-corrected chi connectivity index (χ3v) is 4.28. The second-order valence-electron chi connectivity index (χ2n) is 6.20. The molecule has 1 aromatic heterocycles. The molecule has 0 amide bonds. The molecule has 1 heterocycles. The summed E-state index contributed by atoms with van der Waals surface area (Å²) in [5.41, 5.74) is 3.26. The number of carbonyl (C=O) groups is 2. The molecule has 1 N–H and O–H groups in total. The van der Waals surface area contributed by atoms with Gasteiger partial charge in [-0.2, -0.15) is 0 Å². The van der Waals surface area contributed by atoms with Crippen LogP contribution in [0.1, 0.15) is 39.7 Å². The summed E-state index contributed by atoms with van der Waals surface area (Å²) in [6, 6.07) is 11.0. The van der Waals surface area contributed by atoms with Gasteiger partial charge in [-0.1, -0.05) is 25.1 Å². The number of aryl methyl sites for hydroxylation is 3. The van der Waals surface area contributed by atoms with Crippen molar-refractivity contribution in [1.29, 1.82) is 0 Å². The number of furan rings is 1. The summed E-state index contributed by atoms with van der Waals surface area (Å²) < 4.78 is 11.2. The molecular weight excluding hydrogens is 332 g/mol. The van der Waals surface area contributed by atoms with Crippen LogP contribution in [0.15, 0.2) is 40.8 Å². The van der Waals surface area contributed by atoms with E-state index >= 15 is 0 Å². The van der Waals surface area contributed by atoms with Gasteiger partial charge in [0.15, 0.2) is 12.4 Å². The number of carbonyl (C=O) groups excluding carboxylic acids is 1. The third kappa shape index (κ3) is 3.20. The second-order valence-corrected chi connectivity index (χ2v) is 6.20. The lowest BCUT2D eigenvalue weighted by Gasteiger charge is -2.12. The molecule has 5 heteroatoms. The van der Waals surface area contributed by atoms with Gasteiger partial charge in [0, 0.05) is 17.4 Å². The van der Waals surface area contributed by atoms with Crippen LogP contribution in [0.5, 0.6) is 5.75 Å². The molecule has 0 aliphatic rings. The smallest absolute Gasteiger partial charge is 0.341 e. The Bertz CT molecular complexity index is 974. The van der Waals surface area contributed by atoms with Crippen molar-refractivity contribution in [2.24, 2.45) is 0 Å². The highest BCUT2D eigenvalue weighted by Crippen LogP contribution is 2.31. The van der Waals surface area contributed by atoms with E-state index in [0.29, 0.717) is 34.6 Å². The lowest BCUT2D eigenvalue weighted by molar-refractivity contribution is -0.139. The van der Waals surface area contributed by atoms with Gasteiger partial charge in [0.25, 0.3) is 0 Å². The molecule has 0 saturated heterocycles. The number of carboxylic acids is 1. The van der Waals surface area contributed by atoms with Gasteiger partial charge in [0.1, 0.15) is 17.1 Å². The Balaban J connectivity index is 2.05. The zero-order valence-corrected chi connectivity index (χ0v) is 15.0. The van der Waals surface area contributed by atoms with Crippen molar-refractivity contribution in [3.05, 3.63) is 64.4 Å². The molecule has 0 aliphatic carbocycles. The monoisotopic (exact) mass is 352 g/mol. The predicted molar refractivity (Wildman–Crippen MR) is 98.1 cm³/mol. The first-order valence-corrected chi connectivity index (χ1v) is 8.43. The van der Waals surface area contributed by atoms with E-state index in [-0.39, 0.29) is 5.78 Å². The molecule has 3 aromatic rings. The van der Waals surface area contributed by atoms with Crippen molar-refractivity contribution < 1.29 is 23.8 Å². The Hall–Kier alpha value is -3.08. The van der Waals surface area contributed by atoms with Crippen molar-refractivity contribution in [1.82, 2.24) is 0 Å². The molecule has 0 fully saturated rings. The van der Waals surface area contributed by atoms with Crippen LogP contribution in [0.3, 0.4) is 0 Å². The normalized spacial score (nSPS) is 10.9. The Morgan fingerprint density at radius 1 is 1.12 bits per heavy atom. The van der Waals surface area contributed by atoms with E-state index in [1.165, 1.54) is 0 Å². The summed E-state index contributed by atoms with van der Waals surface area (Å²) in [4.78, 5) is 23.9. The van der Waals surface area contributed by atoms with Gasteiger partial charge in [-0.15, -0.1) is 0 Å². The maximum atomic E-state index is 13.2. The first-order valence-electron chi connectivity index (χ1n) is 8.43. The highest BCUT2D eigenvalue weighted by atomic mass is 16.5. The first-order chi connectivity index (χ1) is 12.4. The summed E-state index contributed by atoms with van der Waals surface area (Å²) in [5.74, 6) is 0.0126. The quantitative estimate of drug-likeness (QED) is 0.669. The van der Waals surface area contributed by atoms with Crippen LogP contribution in [0, 0.1) is 13.8 Å². The number of ketones is 1. The molecule has 0 bridgehead atoms. The van der Waals surface area contributed by atoms with Crippen LogP contribution >= 0.6 is 0 Å². The first kappa shape index (κ1) is 17.7. The topological polar surface area (TPSA) is 76.7 Å². The van der Waals surface area contributed by atoms with Gasteiger partial charge in [0.05, 0.1) is 5.56 Å². The zero-order valence-electron chi connectivity index (χ0n) is 15.0. The lowest BCUT2D eigenvalue weighted by atomic mass is 9.96. The maximum Gasteiger partial charge on any atom is 0.341 e. The number of hydrogen-bond acceptors (Lipinski definition) is 4. The van der Waals surface area contributed by atoms with Gasteiger partial charge in [0.2, 0.25) is 0 Å². The number of hydrogen-bond donors (Lipinski definition) is 1. The number of para-hydroxylation sites is 1. The van der Waals surface area contributed by atoms with E-state index in [9.17, 15) is 9.59 Å². The fourth-order valence-electron chi connectivity index (χ4n) is 3.18. The van der Waals surface area contributed by atoms with Crippen LogP contribution in [0.25, 0.3) is 11.0 Å². The van der Waals surface area contributed by atoms with E-state index in [1.807, 2.05) is 31.2 Å². The standard InChI is InChI=1S/C21H20O5/c1-4-16-19(15-7-5-6-8-17(15)26-16)20(24)14-9-12(2)21(13(3)10-14)25-11-18(22)23/h5-10H,4,11H2,1-3H3,(H,22,23). The molecule has 0 atom stereocenters. The summed E-state index contributed by atoms with van der Waals surface area (Å²) in [6.07, 6.45) is 0.619. The molecule has 0 radical (unpaired) electrons. The van der Waals surface area contributed by atoms with Crippen LogP contribution in [0.4, 0.5) is 0 Å². The minimum Gasteiger partial charge on any atom is -0.481 e. The van der Waals surface area contributed by atoms with Crippen LogP contribution in [0.2, 0.25) is 0 Å². The fourth-order valence-corrected chi connectivity index (χ4v) is 3.18. The van der Waals surface area contributed by atoms with Gasteiger partial charge >= 0.3 is 5.97 Å². The second kappa shape index (κ2) is 7.04. The highest BCUT2D eigenvalue weighted by molar-refractivity contribution is 6.17. The van der Waals surface area contributed by atoms with Crippen molar-refractivity contribution in [2.75, 3.05) is 6.61 Å². The van der Waals surface area contributed by atoms with Crippen LogP contribution in [-0.4, -0.2) is 23.5 Å². The molecule has 134 valence electrons. The number of rotatable bonds is 6. The Morgan fingerprint density at radius 3 is 2.38 bits per heavy atom. The average Bonchev–Trinajstić information content (AvgIpc) is 2.98. The van der Waals surface area contributed by atoms with E-state index in [2.05, 4.69) is 0 Å². The predicted octanol–water partition coefficient (Wildman–Crippen LogP) is 4.31. The molecule has 0 unspecified atom stereocenters. The van der Waals surface area contributed by atoms with Gasteiger partial charge in [-0.25, -0.2) is 4.79 Å². The minimum absolute atomic E-state index is 0.109. The van der Waals surface area contributed by atoms with Crippen molar-refractivity contribution in [2.45, 2.75) is 27.2 Å². The van der Waals surface area contributed by atoms with Crippen LogP contribution in [-0.2, 0) is 11.2 Å². The molecule has 0 spiro atoms. The number of aliphatic carboxylic acids is 1. The van der Waals surface area contributed by atoms with E-state index in [4.69, 9.17) is 14.3 Å². The Labute approximate surface area is 151 Å².